The van der Waals surface area contributed by atoms with Crippen LogP contribution in [0.25, 0.3) is 10.9 Å². The molecule has 5 heteroatoms. The molecule has 0 aliphatic heterocycles. The smallest absolute Gasteiger partial charge is 0.279 e. The maximum Gasteiger partial charge on any atom is 0.279 e. The second kappa shape index (κ2) is 3.67. The molecule has 0 radical (unpaired) electrons. The van der Waals surface area contributed by atoms with E-state index >= 15 is 0 Å². The molecule has 4 nitrogen and oxygen atoms in total. The predicted octanol–water partition coefficient (Wildman–Crippen LogP) is 0.841. The number of hydrogen-bond acceptors (Lipinski definition) is 3. The van der Waals surface area contributed by atoms with Crippen LogP contribution < -0.4 is 11.4 Å². The maximum atomic E-state index is 11.5. The third kappa shape index (κ3) is 1.44. The molecule has 0 aliphatic carbocycles. The zero-order valence-electron chi connectivity index (χ0n) is 7.60. The number of aryl methyl sites for hydroxylation is 1. The van der Waals surface area contributed by atoms with Gasteiger partial charge >= 0.3 is 0 Å². The summed E-state index contributed by atoms with van der Waals surface area (Å²) in [6, 6.07) is 7.15. The lowest BCUT2D eigenvalue weighted by Crippen LogP contribution is -2.30. The van der Waals surface area contributed by atoms with E-state index in [0.29, 0.717) is 16.7 Å². The van der Waals surface area contributed by atoms with Gasteiger partial charge in [0.15, 0.2) is 0 Å². The lowest BCUT2D eigenvalue weighted by atomic mass is 10.2. The maximum absolute atomic E-state index is 11.5. The monoisotopic (exact) mass is 211 g/mol. The van der Waals surface area contributed by atoms with E-state index in [2.05, 4.69) is 4.98 Å². The van der Waals surface area contributed by atoms with Gasteiger partial charge in [-0.15, -0.1) is 12.4 Å². The Balaban J connectivity index is 0.000000980. The highest BCUT2D eigenvalue weighted by molar-refractivity contribution is 5.85. The Morgan fingerprint density at radius 3 is 2.71 bits per heavy atom. The summed E-state index contributed by atoms with van der Waals surface area (Å²) >= 11 is 0. The van der Waals surface area contributed by atoms with Crippen molar-refractivity contribution in [3.8, 4) is 0 Å². The minimum atomic E-state index is -0.205. The van der Waals surface area contributed by atoms with Crippen LogP contribution in [0, 0.1) is 6.92 Å². The molecule has 1 aromatic carbocycles. The van der Waals surface area contributed by atoms with E-state index < -0.39 is 0 Å². The van der Waals surface area contributed by atoms with Gasteiger partial charge in [-0.25, -0.2) is 9.66 Å². The molecule has 0 aliphatic rings. The van der Waals surface area contributed by atoms with E-state index in [9.17, 15) is 4.79 Å². The largest absolute Gasteiger partial charge is 0.335 e. The van der Waals surface area contributed by atoms with Crippen molar-refractivity contribution in [2.24, 2.45) is 0 Å². The molecule has 1 heterocycles. The molecule has 2 aromatic rings. The van der Waals surface area contributed by atoms with Crippen LogP contribution in [0.2, 0.25) is 0 Å². The van der Waals surface area contributed by atoms with Crippen molar-refractivity contribution in [1.29, 1.82) is 0 Å². The highest BCUT2D eigenvalue weighted by Crippen LogP contribution is 2.05. The Morgan fingerprint density at radius 1 is 1.36 bits per heavy atom. The van der Waals surface area contributed by atoms with Crippen LogP contribution in [-0.4, -0.2) is 9.66 Å². The number of fused-ring (bicyclic) bond motifs is 1. The van der Waals surface area contributed by atoms with Crippen LogP contribution in [0.15, 0.2) is 29.1 Å². The molecule has 2 rings (SSSR count). The van der Waals surface area contributed by atoms with E-state index in [4.69, 9.17) is 5.84 Å². The fourth-order valence-electron chi connectivity index (χ4n) is 1.26. The molecule has 0 fully saturated rings. The lowest BCUT2D eigenvalue weighted by molar-refractivity contribution is 0.852. The molecule has 2 N–H and O–H groups in total. The van der Waals surface area contributed by atoms with E-state index in [0.717, 1.165) is 4.68 Å². The van der Waals surface area contributed by atoms with Gasteiger partial charge in [-0.2, -0.15) is 0 Å². The third-order valence-corrected chi connectivity index (χ3v) is 1.98. The molecule has 0 bridgehead atoms. The standard InChI is InChI=1S/C9H9N3O.ClH/c1-6-11-8-5-3-2-4-7(8)9(13)12(6)10;/h2-5H,10H2,1H3;1H. The van der Waals surface area contributed by atoms with Gasteiger partial charge in [0.25, 0.3) is 5.56 Å². The van der Waals surface area contributed by atoms with Crippen molar-refractivity contribution >= 4 is 23.3 Å². The minimum Gasteiger partial charge on any atom is -0.335 e. The highest BCUT2D eigenvalue weighted by atomic mass is 35.5. The summed E-state index contributed by atoms with van der Waals surface area (Å²) in [4.78, 5) is 15.7. The van der Waals surface area contributed by atoms with E-state index in [1.54, 1.807) is 25.1 Å². The molecule has 0 spiro atoms. The Bertz CT molecular complexity index is 521. The molecular weight excluding hydrogens is 202 g/mol. The Kier molecular flexibility index (Phi) is 2.76. The summed E-state index contributed by atoms with van der Waals surface area (Å²) in [6.45, 7) is 1.70. The number of aromatic nitrogens is 2. The average molecular weight is 212 g/mol. The van der Waals surface area contributed by atoms with Gasteiger partial charge in [0, 0.05) is 0 Å². The van der Waals surface area contributed by atoms with Crippen molar-refractivity contribution in [3.63, 3.8) is 0 Å². The zero-order chi connectivity index (χ0) is 9.42. The van der Waals surface area contributed by atoms with Crippen molar-refractivity contribution in [1.82, 2.24) is 9.66 Å². The number of benzene rings is 1. The Hall–Kier alpha value is -1.55. The number of para-hydroxylation sites is 1. The molecule has 0 atom stereocenters. The topological polar surface area (TPSA) is 60.9 Å². The third-order valence-electron chi connectivity index (χ3n) is 1.98. The van der Waals surface area contributed by atoms with Gasteiger partial charge in [0.1, 0.15) is 5.82 Å². The summed E-state index contributed by atoms with van der Waals surface area (Å²) in [5, 5.41) is 0.551. The molecule has 0 unspecified atom stereocenters. The Morgan fingerprint density at radius 2 is 2.00 bits per heavy atom. The second-order valence-electron chi connectivity index (χ2n) is 2.85. The summed E-state index contributed by atoms with van der Waals surface area (Å²) in [6.07, 6.45) is 0. The number of nitrogen functional groups attached to an aromatic ring is 1. The van der Waals surface area contributed by atoms with Crippen molar-refractivity contribution in [3.05, 3.63) is 40.4 Å². The summed E-state index contributed by atoms with van der Waals surface area (Å²) in [5.41, 5.74) is 0.481. The van der Waals surface area contributed by atoms with Gasteiger partial charge < -0.3 is 5.84 Å². The van der Waals surface area contributed by atoms with Crippen LogP contribution in [-0.2, 0) is 0 Å². The average Bonchev–Trinajstić information content (AvgIpc) is 2.15. The van der Waals surface area contributed by atoms with Gasteiger partial charge in [0.05, 0.1) is 10.9 Å². The van der Waals surface area contributed by atoms with Crippen LogP contribution >= 0.6 is 12.4 Å². The van der Waals surface area contributed by atoms with Crippen LogP contribution in [0.5, 0.6) is 0 Å². The van der Waals surface area contributed by atoms with Gasteiger partial charge in [0.2, 0.25) is 0 Å². The molecule has 74 valence electrons. The van der Waals surface area contributed by atoms with Crippen molar-refractivity contribution in [2.75, 3.05) is 5.84 Å². The summed E-state index contributed by atoms with van der Waals surface area (Å²) < 4.78 is 1.06. The minimum absolute atomic E-state index is 0. The normalized spacial score (nSPS) is 9.79. The first kappa shape index (κ1) is 10.5. The number of nitrogens with two attached hydrogens (primary N) is 1. The van der Waals surface area contributed by atoms with E-state index in [-0.39, 0.29) is 18.0 Å². The van der Waals surface area contributed by atoms with Crippen LogP contribution in [0.3, 0.4) is 0 Å². The number of halogens is 1. The molecule has 14 heavy (non-hydrogen) atoms. The van der Waals surface area contributed by atoms with Gasteiger partial charge in [-0.3, -0.25) is 4.79 Å². The van der Waals surface area contributed by atoms with Crippen molar-refractivity contribution in [2.45, 2.75) is 6.92 Å². The van der Waals surface area contributed by atoms with E-state index in [1.807, 2.05) is 6.07 Å². The van der Waals surface area contributed by atoms with Crippen molar-refractivity contribution < 1.29 is 0 Å². The van der Waals surface area contributed by atoms with E-state index in [1.165, 1.54) is 0 Å². The zero-order valence-corrected chi connectivity index (χ0v) is 8.41. The summed E-state index contributed by atoms with van der Waals surface area (Å²) in [7, 11) is 0. The fourth-order valence-corrected chi connectivity index (χ4v) is 1.26. The fraction of sp³-hybridized carbons (Fsp3) is 0.111. The quantitative estimate of drug-likeness (QED) is 0.657. The van der Waals surface area contributed by atoms with Gasteiger partial charge in [-0.1, -0.05) is 12.1 Å². The Labute approximate surface area is 86.8 Å². The van der Waals surface area contributed by atoms with Crippen LogP contribution in [0.4, 0.5) is 0 Å². The first-order valence-corrected chi connectivity index (χ1v) is 3.93. The summed E-state index contributed by atoms with van der Waals surface area (Å²) in [5.74, 6) is 6.01. The number of rotatable bonds is 0. The second-order valence-corrected chi connectivity index (χ2v) is 2.85. The highest BCUT2D eigenvalue weighted by Gasteiger charge is 2.03. The first-order valence-electron chi connectivity index (χ1n) is 3.93. The molecule has 0 amide bonds. The lowest BCUT2D eigenvalue weighted by Gasteiger charge is -2.03. The SMILES string of the molecule is Cc1nc2ccccc2c(=O)n1N.Cl. The predicted molar refractivity (Wildman–Crippen MR) is 58.1 cm³/mol. The molecular formula is C9H10ClN3O. The number of nitrogens with zero attached hydrogens (tertiary/aromatic N) is 2. The van der Waals surface area contributed by atoms with Gasteiger partial charge in [-0.05, 0) is 19.1 Å². The first-order chi connectivity index (χ1) is 6.20. The molecule has 0 saturated carbocycles. The molecule has 0 saturated heterocycles. The molecule has 1 aromatic heterocycles. The number of hydrogen-bond donors (Lipinski definition) is 1. The van der Waals surface area contributed by atoms with Crippen LogP contribution in [0.1, 0.15) is 5.82 Å².